The number of hydrogen-bond acceptors (Lipinski definition) is 2. The van der Waals surface area contributed by atoms with Crippen molar-refractivity contribution in [3.05, 3.63) is 0 Å². The predicted molar refractivity (Wildman–Crippen MR) is 67.1 cm³/mol. The number of hydrogen-bond donors (Lipinski definition) is 1. The van der Waals surface area contributed by atoms with E-state index in [-0.39, 0.29) is 11.6 Å². The molecular weight excluding hydrogens is 200 g/mol. The first-order valence-corrected chi connectivity index (χ1v) is 6.53. The average Bonchev–Trinajstić information content (AvgIpc) is 2.16. The Labute approximate surface area is 99.4 Å². The Morgan fingerprint density at radius 1 is 1.44 bits per heavy atom. The van der Waals surface area contributed by atoms with Crippen LogP contribution in [0.15, 0.2) is 0 Å². The molecule has 0 saturated carbocycles. The smallest absolute Gasteiger partial charge is 0.223 e. The van der Waals surface area contributed by atoms with E-state index >= 15 is 0 Å². The monoisotopic (exact) mass is 226 g/mol. The van der Waals surface area contributed by atoms with E-state index in [0.29, 0.717) is 12.3 Å². The maximum absolute atomic E-state index is 12.1. The van der Waals surface area contributed by atoms with Crippen LogP contribution in [0, 0.1) is 0 Å². The molecular formula is C13H26N2O. The molecule has 2 N–H and O–H groups in total. The SMILES string of the molecule is CCCCCC(=O)N1CCC(N)CC1(C)C. The van der Waals surface area contributed by atoms with Crippen molar-refractivity contribution in [3.8, 4) is 0 Å². The molecule has 1 amide bonds. The third-order valence-corrected chi connectivity index (χ3v) is 3.51. The summed E-state index contributed by atoms with van der Waals surface area (Å²) in [5, 5.41) is 0. The number of carbonyl (C=O) groups is 1. The molecule has 16 heavy (non-hydrogen) atoms. The van der Waals surface area contributed by atoms with E-state index < -0.39 is 0 Å². The Bertz CT molecular complexity index is 238. The summed E-state index contributed by atoms with van der Waals surface area (Å²) in [4.78, 5) is 14.1. The molecule has 1 saturated heterocycles. The largest absolute Gasteiger partial charge is 0.337 e. The van der Waals surface area contributed by atoms with Gasteiger partial charge in [0.05, 0.1) is 0 Å². The highest BCUT2D eigenvalue weighted by Crippen LogP contribution is 2.27. The van der Waals surface area contributed by atoms with Gasteiger partial charge in [0.15, 0.2) is 0 Å². The molecule has 1 atom stereocenters. The van der Waals surface area contributed by atoms with Gasteiger partial charge in [0, 0.05) is 24.5 Å². The molecule has 94 valence electrons. The Morgan fingerprint density at radius 2 is 2.12 bits per heavy atom. The summed E-state index contributed by atoms with van der Waals surface area (Å²) >= 11 is 0. The Kier molecular flexibility index (Phi) is 4.78. The van der Waals surface area contributed by atoms with Gasteiger partial charge < -0.3 is 10.6 Å². The zero-order valence-electron chi connectivity index (χ0n) is 11.0. The van der Waals surface area contributed by atoms with Gasteiger partial charge in [0.1, 0.15) is 0 Å². The van der Waals surface area contributed by atoms with Gasteiger partial charge in [-0.3, -0.25) is 4.79 Å². The highest BCUT2D eigenvalue weighted by Gasteiger charge is 2.35. The summed E-state index contributed by atoms with van der Waals surface area (Å²) in [6.45, 7) is 7.25. The lowest BCUT2D eigenvalue weighted by molar-refractivity contribution is -0.138. The third kappa shape index (κ3) is 3.48. The normalized spacial score (nSPS) is 24.5. The van der Waals surface area contributed by atoms with Crippen molar-refractivity contribution in [2.24, 2.45) is 5.73 Å². The van der Waals surface area contributed by atoms with E-state index in [0.717, 1.165) is 32.2 Å². The fraction of sp³-hybridized carbons (Fsp3) is 0.923. The molecule has 0 spiro atoms. The summed E-state index contributed by atoms with van der Waals surface area (Å²) in [5.41, 5.74) is 5.90. The zero-order valence-corrected chi connectivity index (χ0v) is 11.0. The fourth-order valence-corrected chi connectivity index (χ4v) is 2.57. The summed E-state index contributed by atoms with van der Waals surface area (Å²) < 4.78 is 0. The second kappa shape index (κ2) is 5.67. The lowest BCUT2D eigenvalue weighted by Gasteiger charge is -2.45. The number of piperidine rings is 1. The number of rotatable bonds is 4. The summed E-state index contributed by atoms with van der Waals surface area (Å²) in [7, 11) is 0. The van der Waals surface area contributed by atoms with Gasteiger partial charge in [0.2, 0.25) is 5.91 Å². The maximum Gasteiger partial charge on any atom is 0.223 e. The molecule has 0 aromatic heterocycles. The molecule has 1 fully saturated rings. The minimum Gasteiger partial charge on any atom is -0.337 e. The van der Waals surface area contributed by atoms with E-state index in [1.807, 2.05) is 4.90 Å². The van der Waals surface area contributed by atoms with Gasteiger partial charge >= 0.3 is 0 Å². The van der Waals surface area contributed by atoms with Crippen LogP contribution in [0.4, 0.5) is 0 Å². The van der Waals surface area contributed by atoms with Gasteiger partial charge in [-0.1, -0.05) is 19.8 Å². The van der Waals surface area contributed by atoms with Crippen molar-refractivity contribution in [1.29, 1.82) is 0 Å². The number of nitrogens with zero attached hydrogens (tertiary/aromatic N) is 1. The van der Waals surface area contributed by atoms with Crippen molar-refractivity contribution in [2.75, 3.05) is 6.54 Å². The van der Waals surface area contributed by atoms with Gasteiger partial charge in [-0.15, -0.1) is 0 Å². The average molecular weight is 226 g/mol. The molecule has 3 heteroatoms. The van der Waals surface area contributed by atoms with Crippen LogP contribution < -0.4 is 5.73 Å². The van der Waals surface area contributed by atoms with Crippen LogP contribution in [0.5, 0.6) is 0 Å². The lowest BCUT2D eigenvalue weighted by atomic mass is 9.87. The summed E-state index contributed by atoms with van der Waals surface area (Å²) in [6, 6.07) is 0.259. The number of likely N-dealkylation sites (tertiary alicyclic amines) is 1. The lowest BCUT2D eigenvalue weighted by Crippen LogP contribution is -2.55. The maximum atomic E-state index is 12.1. The minimum absolute atomic E-state index is 0.0546. The highest BCUT2D eigenvalue weighted by atomic mass is 16.2. The van der Waals surface area contributed by atoms with E-state index in [4.69, 9.17) is 5.73 Å². The molecule has 1 unspecified atom stereocenters. The number of amides is 1. The molecule has 0 radical (unpaired) electrons. The Morgan fingerprint density at radius 3 is 2.69 bits per heavy atom. The van der Waals surface area contributed by atoms with E-state index in [1.54, 1.807) is 0 Å². The Hall–Kier alpha value is -0.570. The minimum atomic E-state index is -0.0546. The van der Waals surface area contributed by atoms with Crippen molar-refractivity contribution in [3.63, 3.8) is 0 Å². The van der Waals surface area contributed by atoms with Crippen molar-refractivity contribution < 1.29 is 4.79 Å². The van der Waals surface area contributed by atoms with Gasteiger partial charge in [-0.2, -0.15) is 0 Å². The van der Waals surface area contributed by atoms with Crippen LogP contribution in [0.25, 0.3) is 0 Å². The first-order chi connectivity index (χ1) is 7.47. The second-order valence-electron chi connectivity index (χ2n) is 5.57. The van der Waals surface area contributed by atoms with Crippen LogP contribution in [0.2, 0.25) is 0 Å². The highest BCUT2D eigenvalue weighted by molar-refractivity contribution is 5.77. The third-order valence-electron chi connectivity index (χ3n) is 3.51. The van der Waals surface area contributed by atoms with Crippen LogP contribution >= 0.6 is 0 Å². The summed E-state index contributed by atoms with van der Waals surface area (Å²) in [5.74, 6) is 0.311. The predicted octanol–water partition coefficient (Wildman–Crippen LogP) is 2.29. The van der Waals surface area contributed by atoms with E-state index in [2.05, 4.69) is 20.8 Å². The van der Waals surface area contributed by atoms with E-state index in [1.165, 1.54) is 6.42 Å². The standard InChI is InChI=1S/C13H26N2O/c1-4-5-6-7-12(16)15-9-8-11(14)10-13(15,2)3/h11H,4-10,14H2,1-3H3. The van der Waals surface area contributed by atoms with Gasteiger partial charge in [-0.25, -0.2) is 0 Å². The van der Waals surface area contributed by atoms with Crippen molar-refractivity contribution >= 4 is 5.91 Å². The van der Waals surface area contributed by atoms with Crippen molar-refractivity contribution in [1.82, 2.24) is 4.90 Å². The summed E-state index contributed by atoms with van der Waals surface area (Å²) in [6.07, 6.45) is 5.91. The first kappa shape index (κ1) is 13.5. The molecule has 3 nitrogen and oxygen atoms in total. The second-order valence-corrected chi connectivity index (χ2v) is 5.57. The molecule has 1 heterocycles. The van der Waals surface area contributed by atoms with Gasteiger partial charge in [0.25, 0.3) is 0 Å². The van der Waals surface area contributed by atoms with Crippen LogP contribution in [-0.4, -0.2) is 28.9 Å². The van der Waals surface area contributed by atoms with Crippen LogP contribution in [0.1, 0.15) is 59.3 Å². The number of unbranched alkanes of at least 4 members (excludes halogenated alkanes) is 2. The molecule has 0 aromatic carbocycles. The van der Waals surface area contributed by atoms with Crippen LogP contribution in [-0.2, 0) is 4.79 Å². The first-order valence-electron chi connectivity index (χ1n) is 6.53. The zero-order chi connectivity index (χ0) is 12.2. The van der Waals surface area contributed by atoms with Crippen LogP contribution in [0.3, 0.4) is 0 Å². The Balaban J connectivity index is 2.48. The van der Waals surface area contributed by atoms with Gasteiger partial charge in [-0.05, 0) is 33.1 Å². The molecule has 0 aromatic rings. The quantitative estimate of drug-likeness (QED) is 0.748. The molecule has 1 aliphatic rings. The molecule has 0 aliphatic carbocycles. The number of carbonyl (C=O) groups excluding carboxylic acids is 1. The molecule has 1 aliphatic heterocycles. The van der Waals surface area contributed by atoms with Crippen molar-refractivity contribution in [2.45, 2.75) is 70.9 Å². The van der Waals surface area contributed by atoms with E-state index in [9.17, 15) is 4.79 Å². The molecule has 1 rings (SSSR count). The number of nitrogens with two attached hydrogens (primary N) is 1. The fourth-order valence-electron chi connectivity index (χ4n) is 2.57. The topological polar surface area (TPSA) is 46.3 Å². The molecule has 0 bridgehead atoms.